The van der Waals surface area contributed by atoms with Crippen molar-refractivity contribution in [1.29, 1.82) is 0 Å². The van der Waals surface area contributed by atoms with Crippen molar-refractivity contribution in [2.75, 3.05) is 18.0 Å². The number of hydrogen-bond acceptors (Lipinski definition) is 7. The van der Waals surface area contributed by atoms with E-state index in [-0.39, 0.29) is 11.5 Å². The van der Waals surface area contributed by atoms with Crippen LogP contribution in [0.4, 0.5) is 5.69 Å². The predicted octanol–water partition coefficient (Wildman–Crippen LogP) is 4.84. The van der Waals surface area contributed by atoms with Crippen LogP contribution in [0.2, 0.25) is 0 Å². The van der Waals surface area contributed by atoms with Crippen LogP contribution in [0, 0.1) is 0 Å². The maximum atomic E-state index is 13.2. The quantitative estimate of drug-likeness (QED) is 0.423. The molecule has 3 aromatic rings. The number of carbonyl (C=O) groups is 1. The topological polar surface area (TPSA) is 45.6 Å². The highest BCUT2D eigenvalue weighted by atomic mass is 32.2. The van der Waals surface area contributed by atoms with Gasteiger partial charge in [0.1, 0.15) is 13.9 Å². The molecule has 3 heterocycles. The summed E-state index contributed by atoms with van der Waals surface area (Å²) in [4.78, 5) is 31.7. The third-order valence-corrected chi connectivity index (χ3v) is 9.96. The average Bonchev–Trinajstić information content (AvgIpc) is 3.51. The van der Waals surface area contributed by atoms with E-state index < -0.39 is 0 Å². The molecule has 1 amide bonds. The molecule has 1 fully saturated rings. The number of thioether (sulfide) groups is 2. The first-order valence-electron chi connectivity index (χ1n) is 11.8. The molecule has 0 unspecified atom stereocenters. The molecule has 1 saturated heterocycles. The van der Waals surface area contributed by atoms with E-state index in [0.29, 0.717) is 31.5 Å². The Hall–Kier alpha value is -2.59. The third-order valence-electron chi connectivity index (χ3n) is 6.11. The lowest BCUT2D eigenvalue weighted by molar-refractivity contribution is -0.120. The minimum Gasteiger partial charge on any atom is -0.335 e. The normalized spacial score (nSPS) is 18.6. The SMILES string of the molecule is CCN1C(=O)C(=c2sc(=CC=C3Sc4ccc(-c5ccccc5)cc4N3CC)c(=O)n2CC)SC1=S. The number of aromatic nitrogens is 1. The first-order chi connectivity index (χ1) is 17.5. The lowest BCUT2D eigenvalue weighted by Gasteiger charge is -2.18. The molecular formula is C27H25N3O2S4. The summed E-state index contributed by atoms with van der Waals surface area (Å²) in [5.74, 6) is -0.117. The number of nitrogens with zero attached hydrogens (tertiary/aromatic N) is 3. The number of rotatable bonds is 5. The molecule has 0 spiro atoms. The first-order valence-corrected chi connectivity index (χ1v) is 14.7. The highest BCUT2D eigenvalue weighted by Gasteiger charge is 2.33. The van der Waals surface area contributed by atoms with Gasteiger partial charge in [-0.05, 0) is 56.2 Å². The maximum Gasteiger partial charge on any atom is 0.269 e. The molecule has 36 heavy (non-hydrogen) atoms. The van der Waals surface area contributed by atoms with Gasteiger partial charge in [-0.3, -0.25) is 19.1 Å². The van der Waals surface area contributed by atoms with E-state index in [1.807, 2.05) is 32.1 Å². The number of hydrogen-bond donors (Lipinski definition) is 0. The van der Waals surface area contributed by atoms with E-state index in [0.717, 1.165) is 11.6 Å². The van der Waals surface area contributed by atoms with E-state index in [1.54, 1.807) is 21.2 Å². The van der Waals surface area contributed by atoms with Crippen LogP contribution in [0.5, 0.6) is 0 Å². The number of carbonyl (C=O) groups excluding carboxylic acids is 1. The van der Waals surface area contributed by atoms with Crippen LogP contribution in [0.1, 0.15) is 20.8 Å². The second-order valence-electron chi connectivity index (χ2n) is 8.13. The number of thiocarbonyl (C=S) groups is 1. The van der Waals surface area contributed by atoms with Gasteiger partial charge in [0.25, 0.3) is 11.5 Å². The summed E-state index contributed by atoms with van der Waals surface area (Å²) in [6.45, 7) is 7.80. The summed E-state index contributed by atoms with van der Waals surface area (Å²) >= 11 is 9.73. The lowest BCUT2D eigenvalue weighted by Crippen LogP contribution is -2.33. The fourth-order valence-electron chi connectivity index (χ4n) is 4.30. The molecule has 0 bridgehead atoms. The second kappa shape index (κ2) is 10.4. The minimum absolute atomic E-state index is 0.0777. The summed E-state index contributed by atoms with van der Waals surface area (Å²) < 4.78 is 3.51. The zero-order chi connectivity index (χ0) is 25.4. The number of benzene rings is 2. The fourth-order valence-corrected chi connectivity index (χ4v) is 8.05. The summed E-state index contributed by atoms with van der Waals surface area (Å²) in [5, 5.41) is 1.08. The third kappa shape index (κ3) is 4.38. The van der Waals surface area contributed by atoms with Gasteiger partial charge in [-0.15, -0.1) is 11.3 Å². The van der Waals surface area contributed by atoms with Crippen molar-refractivity contribution in [1.82, 2.24) is 9.47 Å². The number of allylic oxidation sites excluding steroid dienone is 1. The highest BCUT2D eigenvalue weighted by Crippen LogP contribution is 2.47. The van der Waals surface area contributed by atoms with Crippen LogP contribution in [0.15, 0.2) is 69.3 Å². The van der Waals surface area contributed by atoms with Crippen molar-refractivity contribution in [3.05, 3.63) is 79.2 Å². The number of fused-ring (bicyclic) bond motifs is 1. The highest BCUT2D eigenvalue weighted by molar-refractivity contribution is 8.30. The van der Waals surface area contributed by atoms with Gasteiger partial charge in [0.15, 0.2) is 0 Å². The van der Waals surface area contributed by atoms with Crippen LogP contribution in [-0.2, 0) is 11.3 Å². The van der Waals surface area contributed by atoms with Crippen molar-refractivity contribution in [3.63, 3.8) is 0 Å². The monoisotopic (exact) mass is 551 g/mol. The molecule has 0 radical (unpaired) electrons. The summed E-state index contributed by atoms with van der Waals surface area (Å²) in [7, 11) is 0. The van der Waals surface area contributed by atoms with Gasteiger partial charge >= 0.3 is 0 Å². The Morgan fingerprint density at radius 1 is 0.861 bits per heavy atom. The Kier molecular flexibility index (Phi) is 7.25. The Morgan fingerprint density at radius 2 is 1.61 bits per heavy atom. The average molecular weight is 552 g/mol. The fraction of sp³-hybridized carbons (Fsp3) is 0.222. The maximum absolute atomic E-state index is 13.2. The second-order valence-corrected chi connectivity index (χ2v) is 11.9. The van der Waals surface area contributed by atoms with Crippen LogP contribution in [-0.4, -0.2) is 32.8 Å². The van der Waals surface area contributed by atoms with Crippen molar-refractivity contribution in [2.45, 2.75) is 32.2 Å². The number of anilines is 1. The molecule has 0 aliphatic carbocycles. The molecule has 0 N–H and O–H groups in total. The molecule has 184 valence electrons. The van der Waals surface area contributed by atoms with Gasteiger partial charge in [0.05, 0.1) is 15.2 Å². The van der Waals surface area contributed by atoms with Gasteiger partial charge < -0.3 is 4.90 Å². The van der Waals surface area contributed by atoms with Gasteiger partial charge in [-0.1, -0.05) is 72.1 Å². The molecule has 9 heteroatoms. The Balaban J connectivity index is 1.55. The van der Waals surface area contributed by atoms with E-state index >= 15 is 0 Å². The van der Waals surface area contributed by atoms with E-state index in [4.69, 9.17) is 12.2 Å². The molecule has 5 rings (SSSR count). The standard InChI is InChI=1S/C27H25N3O2S4/c1-4-28-19-16-18(17-10-8-7-9-11-17)12-13-20(19)34-22(28)15-14-21-24(31)29(5-2)26(35-21)23-25(32)30(6-3)27(33)36-23/h7-16H,4-6H2,1-3H3. The summed E-state index contributed by atoms with van der Waals surface area (Å²) in [6, 6.07) is 16.9. The predicted molar refractivity (Wildman–Crippen MR) is 158 cm³/mol. The molecule has 1 aromatic heterocycles. The minimum atomic E-state index is -0.117. The number of amides is 1. The summed E-state index contributed by atoms with van der Waals surface area (Å²) in [5.41, 5.74) is 3.47. The molecule has 2 aromatic carbocycles. The molecule has 0 atom stereocenters. The van der Waals surface area contributed by atoms with E-state index in [2.05, 4.69) is 54.3 Å². The molecule has 2 aliphatic rings. The van der Waals surface area contributed by atoms with Crippen LogP contribution >= 0.6 is 47.1 Å². The van der Waals surface area contributed by atoms with E-state index in [9.17, 15) is 9.59 Å². The van der Waals surface area contributed by atoms with Crippen LogP contribution in [0.25, 0.3) is 22.1 Å². The van der Waals surface area contributed by atoms with Crippen molar-refractivity contribution < 1.29 is 4.79 Å². The zero-order valence-electron chi connectivity index (χ0n) is 20.2. The smallest absolute Gasteiger partial charge is 0.269 e. The molecule has 2 aliphatic heterocycles. The van der Waals surface area contributed by atoms with Crippen molar-refractivity contribution in [3.8, 4) is 11.1 Å². The Bertz CT molecular complexity index is 1570. The van der Waals surface area contributed by atoms with E-state index in [1.165, 1.54) is 44.8 Å². The van der Waals surface area contributed by atoms with Gasteiger partial charge in [0, 0.05) is 24.5 Å². The Morgan fingerprint density at radius 3 is 2.28 bits per heavy atom. The van der Waals surface area contributed by atoms with Crippen LogP contribution in [0.3, 0.4) is 0 Å². The van der Waals surface area contributed by atoms with Gasteiger partial charge in [0.2, 0.25) is 0 Å². The van der Waals surface area contributed by atoms with Crippen molar-refractivity contribution in [2.24, 2.45) is 0 Å². The molecule has 0 saturated carbocycles. The summed E-state index contributed by atoms with van der Waals surface area (Å²) in [6.07, 6.45) is 3.91. The van der Waals surface area contributed by atoms with Crippen LogP contribution < -0.4 is 19.7 Å². The van der Waals surface area contributed by atoms with Crippen molar-refractivity contribution >= 4 is 74.0 Å². The number of thiazole rings is 1. The zero-order valence-corrected chi connectivity index (χ0v) is 23.5. The lowest BCUT2D eigenvalue weighted by atomic mass is 10.0. The Labute approximate surface area is 227 Å². The van der Waals surface area contributed by atoms with Gasteiger partial charge in [-0.25, -0.2) is 0 Å². The molecular weight excluding hydrogens is 527 g/mol. The first kappa shape index (κ1) is 25.1. The largest absolute Gasteiger partial charge is 0.335 e. The molecule has 5 nitrogen and oxygen atoms in total. The van der Waals surface area contributed by atoms with Gasteiger partial charge in [-0.2, -0.15) is 0 Å².